The largest absolute Gasteiger partial charge is 0.362 e. The minimum Gasteiger partial charge on any atom is -0.362 e. The molecule has 0 unspecified atom stereocenters. The van der Waals surface area contributed by atoms with Gasteiger partial charge in [0.15, 0.2) is 5.82 Å². The Labute approximate surface area is 105 Å². The fraction of sp³-hybridized carbons (Fsp3) is 0.286. The summed E-state index contributed by atoms with van der Waals surface area (Å²) in [5.41, 5.74) is 2.65. The molecule has 1 aliphatic carbocycles. The van der Waals surface area contributed by atoms with Gasteiger partial charge < -0.3 is 9.88 Å². The van der Waals surface area contributed by atoms with Gasteiger partial charge in [0.05, 0.1) is 0 Å². The number of nitrogens with zero attached hydrogens (tertiary/aromatic N) is 2. The third-order valence-electron chi connectivity index (χ3n) is 3.41. The molecule has 1 aliphatic rings. The Morgan fingerprint density at radius 2 is 1.94 bits per heavy atom. The Balaban J connectivity index is 1.80. The van der Waals surface area contributed by atoms with E-state index < -0.39 is 0 Å². The zero-order valence-electron chi connectivity index (χ0n) is 10.3. The van der Waals surface area contributed by atoms with E-state index >= 15 is 0 Å². The van der Waals surface area contributed by atoms with Crippen molar-refractivity contribution in [2.45, 2.75) is 18.9 Å². The minimum atomic E-state index is -0.0755. The Morgan fingerprint density at radius 3 is 2.61 bits per heavy atom. The number of nitrogens with one attached hydrogen (secondary N) is 1. The normalized spacial score (nSPS) is 14.5. The van der Waals surface area contributed by atoms with Crippen LogP contribution in [0.2, 0.25) is 0 Å². The number of rotatable bonds is 2. The maximum absolute atomic E-state index is 11.9. The zero-order chi connectivity index (χ0) is 12.5. The first kappa shape index (κ1) is 11.0. The van der Waals surface area contributed by atoms with Gasteiger partial charge in [0.2, 0.25) is 0 Å². The van der Waals surface area contributed by atoms with Gasteiger partial charge in [-0.25, -0.2) is 4.98 Å². The SMILES string of the molecule is Cn1ccnc(NC2Cc3ccccc3C2)c1=O. The molecule has 4 heteroatoms. The highest BCUT2D eigenvalue weighted by atomic mass is 16.1. The molecular formula is C14H15N3O. The fourth-order valence-electron chi connectivity index (χ4n) is 2.45. The molecule has 0 bridgehead atoms. The molecule has 0 aliphatic heterocycles. The molecule has 0 amide bonds. The van der Waals surface area contributed by atoms with Crippen molar-refractivity contribution in [3.8, 4) is 0 Å². The molecule has 0 radical (unpaired) electrons. The first-order chi connectivity index (χ1) is 8.74. The molecule has 0 spiro atoms. The highest BCUT2D eigenvalue weighted by Crippen LogP contribution is 2.23. The van der Waals surface area contributed by atoms with Crippen molar-refractivity contribution in [1.29, 1.82) is 0 Å². The minimum absolute atomic E-state index is 0.0755. The number of benzene rings is 1. The summed E-state index contributed by atoms with van der Waals surface area (Å²) >= 11 is 0. The van der Waals surface area contributed by atoms with Crippen molar-refractivity contribution in [3.63, 3.8) is 0 Å². The Morgan fingerprint density at radius 1 is 1.28 bits per heavy atom. The Bertz CT molecular complexity index is 608. The van der Waals surface area contributed by atoms with Crippen molar-refractivity contribution >= 4 is 5.82 Å². The van der Waals surface area contributed by atoms with Crippen LogP contribution in [-0.2, 0) is 19.9 Å². The van der Waals surface area contributed by atoms with E-state index in [0.29, 0.717) is 5.82 Å². The summed E-state index contributed by atoms with van der Waals surface area (Å²) < 4.78 is 1.54. The first-order valence-corrected chi connectivity index (χ1v) is 6.09. The summed E-state index contributed by atoms with van der Waals surface area (Å²) in [5, 5.41) is 3.25. The molecule has 92 valence electrons. The van der Waals surface area contributed by atoms with Gasteiger partial charge >= 0.3 is 0 Å². The predicted octanol–water partition coefficient (Wildman–Crippen LogP) is 1.36. The van der Waals surface area contributed by atoms with Gasteiger partial charge in [0.1, 0.15) is 0 Å². The summed E-state index contributed by atoms with van der Waals surface area (Å²) in [4.78, 5) is 16.0. The second kappa shape index (κ2) is 4.29. The van der Waals surface area contributed by atoms with E-state index in [1.165, 1.54) is 15.7 Å². The van der Waals surface area contributed by atoms with Crippen molar-refractivity contribution in [3.05, 3.63) is 58.1 Å². The molecule has 0 atom stereocenters. The van der Waals surface area contributed by atoms with Crippen LogP contribution < -0.4 is 10.9 Å². The number of hydrogen-bond donors (Lipinski definition) is 1. The predicted molar refractivity (Wildman–Crippen MR) is 70.7 cm³/mol. The maximum Gasteiger partial charge on any atom is 0.293 e. The molecule has 18 heavy (non-hydrogen) atoms. The Hall–Kier alpha value is -2.10. The van der Waals surface area contributed by atoms with Crippen LogP contribution >= 0.6 is 0 Å². The average molecular weight is 241 g/mol. The molecule has 3 rings (SSSR count). The monoisotopic (exact) mass is 241 g/mol. The van der Waals surface area contributed by atoms with Gasteiger partial charge in [-0.1, -0.05) is 24.3 Å². The van der Waals surface area contributed by atoms with Gasteiger partial charge in [0, 0.05) is 25.5 Å². The molecule has 2 aromatic rings. The van der Waals surface area contributed by atoms with Gasteiger partial charge in [-0.15, -0.1) is 0 Å². The van der Waals surface area contributed by atoms with Crippen molar-refractivity contribution in [2.75, 3.05) is 5.32 Å². The van der Waals surface area contributed by atoms with E-state index in [2.05, 4.69) is 34.6 Å². The number of aryl methyl sites for hydroxylation is 1. The highest BCUT2D eigenvalue weighted by Gasteiger charge is 2.21. The van der Waals surface area contributed by atoms with Gasteiger partial charge in [-0.2, -0.15) is 0 Å². The number of anilines is 1. The fourth-order valence-corrected chi connectivity index (χ4v) is 2.45. The number of fused-ring (bicyclic) bond motifs is 1. The van der Waals surface area contributed by atoms with E-state index in [-0.39, 0.29) is 11.6 Å². The molecule has 0 saturated carbocycles. The topological polar surface area (TPSA) is 46.9 Å². The Kier molecular flexibility index (Phi) is 2.63. The maximum atomic E-state index is 11.9. The van der Waals surface area contributed by atoms with Gasteiger partial charge in [-0.05, 0) is 24.0 Å². The molecule has 0 fully saturated rings. The van der Waals surface area contributed by atoms with Gasteiger partial charge in [-0.3, -0.25) is 4.79 Å². The number of hydrogen-bond acceptors (Lipinski definition) is 3. The van der Waals surface area contributed by atoms with Crippen LogP contribution in [0.3, 0.4) is 0 Å². The average Bonchev–Trinajstić information content (AvgIpc) is 2.77. The quantitative estimate of drug-likeness (QED) is 0.863. The van der Waals surface area contributed by atoms with Crippen LogP contribution in [0.25, 0.3) is 0 Å². The smallest absolute Gasteiger partial charge is 0.293 e. The summed E-state index contributed by atoms with van der Waals surface area (Å²) in [6.45, 7) is 0. The van der Waals surface area contributed by atoms with Crippen LogP contribution in [0.4, 0.5) is 5.82 Å². The third kappa shape index (κ3) is 1.90. The van der Waals surface area contributed by atoms with E-state index in [0.717, 1.165) is 12.8 Å². The van der Waals surface area contributed by atoms with E-state index in [4.69, 9.17) is 0 Å². The second-order valence-corrected chi connectivity index (χ2v) is 4.71. The molecule has 1 heterocycles. The van der Waals surface area contributed by atoms with Crippen LogP contribution in [-0.4, -0.2) is 15.6 Å². The van der Waals surface area contributed by atoms with Gasteiger partial charge in [0.25, 0.3) is 5.56 Å². The molecule has 1 aromatic heterocycles. The molecule has 0 saturated heterocycles. The third-order valence-corrected chi connectivity index (χ3v) is 3.41. The van der Waals surface area contributed by atoms with Crippen LogP contribution in [0.5, 0.6) is 0 Å². The standard InChI is InChI=1S/C14H15N3O/c1-17-7-6-15-13(14(17)18)16-12-8-10-4-2-3-5-11(10)9-12/h2-7,12H,8-9H2,1H3,(H,15,16). The molecular weight excluding hydrogens is 226 g/mol. The van der Waals surface area contributed by atoms with Crippen LogP contribution in [0.1, 0.15) is 11.1 Å². The number of aromatic nitrogens is 2. The highest BCUT2D eigenvalue weighted by molar-refractivity contribution is 5.40. The summed E-state index contributed by atoms with van der Waals surface area (Å²) in [5.74, 6) is 0.442. The van der Waals surface area contributed by atoms with Crippen molar-refractivity contribution in [2.24, 2.45) is 7.05 Å². The first-order valence-electron chi connectivity index (χ1n) is 6.09. The van der Waals surface area contributed by atoms with Crippen molar-refractivity contribution < 1.29 is 0 Å². The lowest BCUT2D eigenvalue weighted by Gasteiger charge is -2.12. The van der Waals surface area contributed by atoms with Crippen LogP contribution in [0, 0.1) is 0 Å². The second-order valence-electron chi connectivity index (χ2n) is 4.71. The summed E-state index contributed by atoms with van der Waals surface area (Å²) in [6.07, 6.45) is 5.22. The van der Waals surface area contributed by atoms with E-state index in [1.54, 1.807) is 19.4 Å². The molecule has 1 aromatic carbocycles. The molecule has 1 N–H and O–H groups in total. The van der Waals surface area contributed by atoms with Crippen LogP contribution in [0.15, 0.2) is 41.5 Å². The summed E-state index contributed by atoms with van der Waals surface area (Å²) in [6, 6.07) is 8.67. The lowest BCUT2D eigenvalue weighted by molar-refractivity contribution is 0.754. The van der Waals surface area contributed by atoms with Crippen molar-refractivity contribution in [1.82, 2.24) is 9.55 Å². The molecule has 4 nitrogen and oxygen atoms in total. The van der Waals surface area contributed by atoms with E-state index in [1.807, 2.05) is 0 Å². The summed E-state index contributed by atoms with van der Waals surface area (Å²) in [7, 11) is 1.73. The lowest BCUT2D eigenvalue weighted by Crippen LogP contribution is -2.28. The van der Waals surface area contributed by atoms with E-state index in [9.17, 15) is 4.79 Å². The zero-order valence-corrected chi connectivity index (χ0v) is 10.3. The lowest BCUT2D eigenvalue weighted by atomic mass is 10.1.